The number of aromatic nitrogens is 3. The Balaban J connectivity index is 2.90. The van der Waals surface area contributed by atoms with E-state index in [-0.39, 0.29) is 0 Å². The van der Waals surface area contributed by atoms with Crippen LogP contribution in [0.1, 0.15) is 13.8 Å². The highest BCUT2D eigenvalue weighted by Gasteiger charge is 2.22. The largest absolute Gasteiger partial charge is 0.255 e. The second-order valence-electron chi connectivity index (χ2n) is 2.78. The first-order valence-electron chi connectivity index (χ1n) is 3.40. The topological polar surface area (TPSA) is 41.6 Å². The maximum absolute atomic E-state index is 4.59. The first-order valence-corrected chi connectivity index (χ1v) is 6.56. The Morgan fingerprint density at radius 1 is 1.64 bits per heavy atom. The van der Waals surface area contributed by atoms with Gasteiger partial charge in [-0.25, -0.2) is 4.98 Å². The Hall–Kier alpha value is -0.160. The molecule has 0 fully saturated rings. The van der Waals surface area contributed by atoms with Crippen LogP contribution in [0.25, 0.3) is 0 Å². The van der Waals surface area contributed by atoms with E-state index in [0.29, 0.717) is 5.25 Å². The van der Waals surface area contributed by atoms with Gasteiger partial charge >= 0.3 is 0 Å². The first-order chi connectivity index (χ1) is 5.05. The average molecular weight is 191 g/mol. The molecule has 1 atom stereocenters. The fraction of sp³-hybridized carbons (Fsp3) is 0.667. The summed E-state index contributed by atoms with van der Waals surface area (Å²) in [5, 5.41) is 8.09. The number of H-pyrrole nitrogens is 1. The molecule has 1 heterocycles. The summed E-state index contributed by atoms with van der Waals surface area (Å²) < 4.78 is 0. The molecule has 1 N–H and O–H groups in total. The van der Waals surface area contributed by atoms with Gasteiger partial charge in [-0.05, 0) is 11.5 Å². The van der Waals surface area contributed by atoms with Crippen molar-refractivity contribution in [3.63, 3.8) is 0 Å². The molecule has 0 spiro atoms. The van der Waals surface area contributed by atoms with Crippen LogP contribution in [0.15, 0.2) is 11.5 Å². The molecule has 1 aromatic rings. The summed E-state index contributed by atoms with van der Waals surface area (Å²) in [5.41, 5.74) is 0. The SMILES string of the molecule is CC(C)S(C)(S)c1ncn[nH]1. The molecule has 0 saturated heterocycles. The lowest BCUT2D eigenvalue weighted by Crippen LogP contribution is -2.06. The van der Waals surface area contributed by atoms with Gasteiger partial charge in [0, 0.05) is 0 Å². The third-order valence-electron chi connectivity index (χ3n) is 1.70. The summed E-state index contributed by atoms with van der Waals surface area (Å²) in [4.78, 5) is 4.10. The van der Waals surface area contributed by atoms with Crippen LogP contribution in [-0.4, -0.2) is 26.7 Å². The summed E-state index contributed by atoms with van der Waals surface area (Å²) in [6.45, 7) is 4.29. The molecular weight excluding hydrogens is 178 g/mol. The molecule has 0 amide bonds. The van der Waals surface area contributed by atoms with E-state index < -0.39 is 9.06 Å². The third kappa shape index (κ3) is 1.70. The van der Waals surface area contributed by atoms with Crippen molar-refractivity contribution in [2.45, 2.75) is 24.3 Å². The van der Waals surface area contributed by atoms with Crippen LogP contribution < -0.4 is 0 Å². The normalized spacial score (nSPS) is 19.7. The Kier molecular flexibility index (Phi) is 2.49. The van der Waals surface area contributed by atoms with Crippen LogP contribution in [0, 0.1) is 0 Å². The molecule has 3 nitrogen and oxygen atoms in total. The number of nitrogens with one attached hydrogen (secondary N) is 1. The molecule has 1 unspecified atom stereocenters. The van der Waals surface area contributed by atoms with Gasteiger partial charge in [0.15, 0.2) is 5.16 Å². The summed E-state index contributed by atoms with van der Waals surface area (Å²) in [6, 6.07) is 0. The Bertz CT molecular complexity index is 218. The third-order valence-corrected chi connectivity index (χ3v) is 6.30. The lowest BCUT2D eigenvalue weighted by atomic mass is 10.6. The quantitative estimate of drug-likeness (QED) is 0.553. The molecule has 64 valence electrons. The van der Waals surface area contributed by atoms with E-state index in [9.17, 15) is 0 Å². The first kappa shape index (κ1) is 8.93. The molecule has 0 saturated carbocycles. The van der Waals surface area contributed by atoms with Crippen molar-refractivity contribution in [2.75, 3.05) is 6.26 Å². The maximum atomic E-state index is 4.59. The molecule has 0 aromatic carbocycles. The molecule has 0 radical (unpaired) electrons. The van der Waals surface area contributed by atoms with Crippen molar-refractivity contribution in [1.82, 2.24) is 15.2 Å². The summed E-state index contributed by atoms with van der Waals surface area (Å²) in [6.07, 6.45) is 3.64. The highest BCUT2D eigenvalue weighted by atomic mass is 33.1. The van der Waals surface area contributed by atoms with Gasteiger partial charge in [0.2, 0.25) is 0 Å². The number of hydrogen-bond acceptors (Lipinski definition) is 3. The smallest absolute Gasteiger partial charge is 0.174 e. The fourth-order valence-corrected chi connectivity index (χ4v) is 1.83. The minimum absolute atomic E-state index is 0.513. The molecule has 5 heteroatoms. The summed E-state index contributed by atoms with van der Waals surface area (Å²) >= 11 is 4.59. The molecule has 1 rings (SSSR count). The molecular formula is C6H13N3S2. The predicted molar refractivity (Wildman–Crippen MR) is 52.3 cm³/mol. The highest BCUT2D eigenvalue weighted by Crippen LogP contribution is 2.58. The van der Waals surface area contributed by atoms with Crippen molar-refractivity contribution in [3.05, 3.63) is 6.33 Å². The lowest BCUT2D eigenvalue weighted by Gasteiger charge is -2.30. The van der Waals surface area contributed by atoms with Gasteiger partial charge in [-0.3, -0.25) is 5.10 Å². The van der Waals surface area contributed by atoms with Gasteiger partial charge in [0.05, 0.1) is 0 Å². The molecule has 11 heavy (non-hydrogen) atoms. The average Bonchev–Trinajstić information content (AvgIpc) is 2.37. The van der Waals surface area contributed by atoms with Gasteiger partial charge < -0.3 is 0 Å². The van der Waals surface area contributed by atoms with E-state index >= 15 is 0 Å². The maximum Gasteiger partial charge on any atom is 0.174 e. The van der Waals surface area contributed by atoms with E-state index in [1.807, 2.05) is 0 Å². The Labute approximate surface area is 73.1 Å². The van der Waals surface area contributed by atoms with E-state index in [1.165, 1.54) is 6.33 Å². The zero-order chi connectivity index (χ0) is 8.48. The van der Waals surface area contributed by atoms with E-state index in [0.717, 1.165) is 5.16 Å². The van der Waals surface area contributed by atoms with Gasteiger partial charge in [-0.2, -0.15) is 5.10 Å². The minimum atomic E-state index is -1.07. The standard InChI is InChI=1S/C6H13N3S2/c1-5(2)11(3,10)6-7-4-8-9-6/h4-5,10H,1-3H3,(H,7,8,9). The van der Waals surface area contributed by atoms with Crippen LogP contribution >= 0.6 is 20.7 Å². The second-order valence-corrected chi connectivity index (χ2v) is 8.26. The van der Waals surface area contributed by atoms with Crippen LogP contribution in [0.3, 0.4) is 0 Å². The second kappa shape index (κ2) is 3.06. The minimum Gasteiger partial charge on any atom is -0.255 e. The highest BCUT2D eigenvalue weighted by molar-refractivity contribution is 8.87. The van der Waals surface area contributed by atoms with Crippen molar-refractivity contribution in [1.29, 1.82) is 0 Å². The molecule has 1 aromatic heterocycles. The zero-order valence-corrected chi connectivity index (χ0v) is 8.62. The van der Waals surface area contributed by atoms with Crippen molar-refractivity contribution >= 4 is 20.7 Å². The molecule has 0 bridgehead atoms. The lowest BCUT2D eigenvalue weighted by molar-refractivity contribution is 0.951. The van der Waals surface area contributed by atoms with Crippen LogP contribution in [0.5, 0.6) is 0 Å². The fourth-order valence-electron chi connectivity index (χ4n) is 0.617. The predicted octanol–water partition coefficient (Wildman–Crippen LogP) is 1.85. The van der Waals surface area contributed by atoms with E-state index in [2.05, 4.69) is 46.9 Å². The number of aromatic amines is 1. The van der Waals surface area contributed by atoms with Crippen LogP contribution in [0.4, 0.5) is 0 Å². The summed E-state index contributed by atoms with van der Waals surface area (Å²) in [5.74, 6) is 0. The van der Waals surface area contributed by atoms with Gasteiger partial charge in [0.25, 0.3) is 0 Å². The number of hydrogen-bond donors (Lipinski definition) is 2. The summed E-state index contributed by atoms with van der Waals surface area (Å²) in [7, 11) is -1.07. The van der Waals surface area contributed by atoms with Crippen LogP contribution in [0.2, 0.25) is 0 Å². The Morgan fingerprint density at radius 2 is 2.27 bits per heavy atom. The van der Waals surface area contributed by atoms with Gasteiger partial charge in [-0.15, -0.1) is 20.7 Å². The van der Waals surface area contributed by atoms with Gasteiger partial charge in [-0.1, -0.05) is 13.8 Å². The number of rotatable bonds is 2. The van der Waals surface area contributed by atoms with Crippen LogP contribution in [-0.2, 0) is 0 Å². The molecule has 0 aliphatic carbocycles. The monoisotopic (exact) mass is 191 g/mol. The van der Waals surface area contributed by atoms with Gasteiger partial charge in [0.1, 0.15) is 6.33 Å². The number of nitrogens with zero attached hydrogens (tertiary/aromatic N) is 2. The number of thiol groups is 1. The molecule has 0 aliphatic heterocycles. The Morgan fingerprint density at radius 3 is 2.64 bits per heavy atom. The van der Waals surface area contributed by atoms with Crippen molar-refractivity contribution < 1.29 is 0 Å². The zero-order valence-electron chi connectivity index (χ0n) is 6.90. The molecule has 0 aliphatic rings. The van der Waals surface area contributed by atoms with Crippen molar-refractivity contribution in [2.24, 2.45) is 0 Å². The van der Waals surface area contributed by atoms with E-state index in [4.69, 9.17) is 0 Å². The van der Waals surface area contributed by atoms with E-state index in [1.54, 1.807) is 0 Å². The van der Waals surface area contributed by atoms with Crippen molar-refractivity contribution in [3.8, 4) is 0 Å².